The zero-order chi connectivity index (χ0) is 28.2. The van der Waals surface area contributed by atoms with Crippen molar-refractivity contribution in [1.29, 1.82) is 5.26 Å². The minimum absolute atomic E-state index is 0.0599. The standard InChI is InChI=1S/C25H32F3N7O3S/c1-17-13-22(35(32(17)2)18-7-11-30-12-8-18)33-14-19(15-34(33)23(36)31-24(16-29)9-10-24)39(37,38)21-6-4-3-5-20(21)25(26,27)28/h3-6,13,17-19,30H,7-12,14-15H2,1-2H3,(H,31,36)/t17?,19-/m0/s1. The molecule has 4 aliphatic rings. The normalized spacial score (nSPS) is 25.9. The van der Waals surface area contributed by atoms with Crippen LogP contribution in [0.2, 0.25) is 0 Å². The van der Waals surface area contributed by atoms with Crippen molar-refractivity contribution >= 4 is 15.9 Å². The number of nitrogens with one attached hydrogen (secondary N) is 2. The Bertz CT molecular complexity index is 1300. The van der Waals surface area contributed by atoms with Gasteiger partial charge in [-0.3, -0.25) is 10.0 Å². The number of hydrogen-bond donors (Lipinski definition) is 2. The van der Waals surface area contributed by atoms with Gasteiger partial charge in [-0.1, -0.05) is 12.1 Å². The number of halogens is 3. The van der Waals surface area contributed by atoms with Crippen molar-refractivity contribution < 1.29 is 26.4 Å². The molecule has 3 heterocycles. The van der Waals surface area contributed by atoms with Crippen LogP contribution < -0.4 is 10.6 Å². The molecule has 212 valence electrons. The molecule has 39 heavy (non-hydrogen) atoms. The third kappa shape index (κ3) is 5.03. The van der Waals surface area contributed by atoms with Crippen LogP contribution in [0.25, 0.3) is 0 Å². The fourth-order valence-corrected chi connectivity index (χ4v) is 7.28. The molecule has 0 radical (unpaired) electrons. The molecule has 0 bridgehead atoms. The van der Waals surface area contributed by atoms with E-state index >= 15 is 0 Å². The molecule has 3 aliphatic heterocycles. The SMILES string of the molecule is CC1C=C(N2C[C@H](S(=O)(=O)c3ccccc3C(F)(F)F)CN2C(=O)NC2(C#N)CC2)N(C2CCNCC2)N1C. The van der Waals surface area contributed by atoms with E-state index in [0.717, 1.165) is 44.1 Å². The Labute approximate surface area is 225 Å². The lowest BCUT2D eigenvalue weighted by atomic mass is 10.1. The second-order valence-electron chi connectivity index (χ2n) is 10.6. The lowest BCUT2D eigenvalue weighted by Crippen LogP contribution is -2.55. The number of hydrazine groups is 2. The number of carbonyl (C=O) groups is 1. The fourth-order valence-electron chi connectivity index (χ4n) is 5.49. The maximum absolute atomic E-state index is 13.8. The Kier molecular flexibility index (Phi) is 6.97. The third-order valence-electron chi connectivity index (χ3n) is 8.00. The molecule has 2 N–H and O–H groups in total. The molecule has 2 amide bonds. The molecule has 0 spiro atoms. The number of nitriles is 1. The van der Waals surface area contributed by atoms with Crippen LogP contribution in [0.15, 0.2) is 41.1 Å². The lowest BCUT2D eigenvalue weighted by Gasteiger charge is -2.44. The van der Waals surface area contributed by atoms with Gasteiger partial charge in [-0.05, 0) is 63.9 Å². The topological polar surface area (TPSA) is 112 Å². The van der Waals surface area contributed by atoms with Crippen LogP contribution in [-0.2, 0) is 16.0 Å². The summed E-state index contributed by atoms with van der Waals surface area (Å²) in [5.41, 5.74) is -2.24. The Balaban J connectivity index is 1.51. The molecule has 3 fully saturated rings. The van der Waals surface area contributed by atoms with E-state index in [-0.39, 0.29) is 25.2 Å². The van der Waals surface area contributed by atoms with Crippen LogP contribution in [0.4, 0.5) is 18.0 Å². The summed E-state index contributed by atoms with van der Waals surface area (Å²) in [6.45, 7) is 3.02. The number of rotatable bonds is 5. The van der Waals surface area contributed by atoms with Crippen LogP contribution >= 0.6 is 0 Å². The monoisotopic (exact) mass is 567 g/mol. The minimum Gasteiger partial charge on any atom is -0.318 e. The van der Waals surface area contributed by atoms with Gasteiger partial charge in [-0.25, -0.2) is 23.2 Å². The van der Waals surface area contributed by atoms with E-state index in [1.807, 2.05) is 25.1 Å². The number of piperidine rings is 1. The third-order valence-corrected chi connectivity index (χ3v) is 10.1. The number of benzene rings is 1. The number of nitrogens with zero attached hydrogens (tertiary/aromatic N) is 5. The molecule has 14 heteroatoms. The summed E-state index contributed by atoms with van der Waals surface area (Å²) in [7, 11) is -2.59. The van der Waals surface area contributed by atoms with E-state index in [0.29, 0.717) is 18.7 Å². The maximum atomic E-state index is 13.8. The van der Waals surface area contributed by atoms with E-state index in [1.54, 1.807) is 5.01 Å². The van der Waals surface area contributed by atoms with Gasteiger partial charge in [0.25, 0.3) is 0 Å². The highest BCUT2D eigenvalue weighted by molar-refractivity contribution is 7.92. The predicted octanol–water partition coefficient (Wildman–Crippen LogP) is 2.29. The molecule has 10 nitrogen and oxygen atoms in total. The quantitative estimate of drug-likeness (QED) is 0.558. The average molecular weight is 568 g/mol. The number of urea groups is 1. The zero-order valence-electron chi connectivity index (χ0n) is 21.8. The smallest absolute Gasteiger partial charge is 0.318 e. The largest absolute Gasteiger partial charge is 0.417 e. The Morgan fingerprint density at radius 2 is 1.85 bits per heavy atom. The van der Waals surface area contributed by atoms with E-state index in [2.05, 4.69) is 21.7 Å². The predicted molar refractivity (Wildman–Crippen MR) is 135 cm³/mol. The summed E-state index contributed by atoms with van der Waals surface area (Å²) >= 11 is 0. The van der Waals surface area contributed by atoms with E-state index in [4.69, 9.17) is 0 Å². The van der Waals surface area contributed by atoms with Gasteiger partial charge in [0.05, 0.1) is 29.6 Å². The van der Waals surface area contributed by atoms with Crippen LogP contribution in [-0.4, -0.2) is 90.6 Å². The molecule has 5 rings (SSSR count). The molecule has 1 aromatic rings. The maximum Gasteiger partial charge on any atom is 0.417 e. The molecule has 1 unspecified atom stereocenters. The number of likely N-dealkylation sites (N-methyl/N-ethyl adjacent to an activating group) is 1. The van der Waals surface area contributed by atoms with Gasteiger partial charge in [0.1, 0.15) is 16.6 Å². The molecule has 2 atom stereocenters. The Morgan fingerprint density at radius 1 is 1.18 bits per heavy atom. The summed E-state index contributed by atoms with van der Waals surface area (Å²) in [6.07, 6.45) is -0.319. The van der Waals surface area contributed by atoms with Crippen LogP contribution in [0.5, 0.6) is 0 Å². The number of carbonyl (C=O) groups excluding carboxylic acids is 1. The second kappa shape index (κ2) is 9.87. The zero-order valence-corrected chi connectivity index (χ0v) is 22.6. The molecular weight excluding hydrogens is 535 g/mol. The van der Waals surface area contributed by atoms with Gasteiger partial charge in [-0.15, -0.1) is 0 Å². The van der Waals surface area contributed by atoms with Crippen molar-refractivity contribution in [2.24, 2.45) is 0 Å². The highest BCUT2D eigenvalue weighted by atomic mass is 32.2. The number of sulfone groups is 1. The van der Waals surface area contributed by atoms with Crippen LogP contribution in [0.3, 0.4) is 0 Å². The van der Waals surface area contributed by atoms with Gasteiger partial charge >= 0.3 is 12.2 Å². The fraction of sp³-hybridized carbons (Fsp3) is 0.600. The summed E-state index contributed by atoms with van der Waals surface area (Å²) < 4.78 is 68.7. The Hall–Kier alpha value is -3.02. The van der Waals surface area contributed by atoms with Crippen LogP contribution in [0, 0.1) is 11.3 Å². The van der Waals surface area contributed by atoms with Crippen molar-refractivity contribution in [2.45, 2.75) is 66.6 Å². The van der Waals surface area contributed by atoms with Gasteiger partial charge in [0.2, 0.25) is 0 Å². The molecule has 1 saturated carbocycles. The van der Waals surface area contributed by atoms with Crippen molar-refractivity contribution in [3.63, 3.8) is 0 Å². The minimum atomic E-state index is -4.86. The average Bonchev–Trinajstić information content (AvgIpc) is 3.41. The van der Waals surface area contributed by atoms with Crippen molar-refractivity contribution in [1.82, 2.24) is 30.7 Å². The molecule has 0 aromatic heterocycles. The summed E-state index contributed by atoms with van der Waals surface area (Å²) in [5, 5.41) is 21.1. The first kappa shape index (κ1) is 27.5. The first-order chi connectivity index (χ1) is 18.4. The van der Waals surface area contributed by atoms with Gasteiger partial charge in [-0.2, -0.15) is 18.4 Å². The van der Waals surface area contributed by atoms with Gasteiger partial charge in [0.15, 0.2) is 9.84 Å². The summed E-state index contributed by atoms with van der Waals surface area (Å²) in [5.74, 6) is 0.607. The molecule has 1 aliphatic carbocycles. The van der Waals surface area contributed by atoms with Crippen LogP contribution in [0.1, 0.15) is 38.2 Å². The molecule has 2 saturated heterocycles. The highest BCUT2D eigenvalue weighted by Crippen LogP contribution is 2.39. The van der Waals surface area contributed by atoms with Gasteiger partial charge < -0.3 is 10.6 Å². The van der Waals surface area contributed by atoms with E-state index in [1.165, 1.54) is 11.1 Å². The highest BCUT2D eigenvalue weighted by Gasteiger charge is 2.51. The molecule has 1 aromatic carbocycles. The Morgan fingerprint density at radius 3 is 2.46 bits per heavy atom. The van der Waals surface area contributed by atoms with Crippen molar-refractivity contribution in [2.75, 3.05) is 33.2 Å². The summed E-state index contributed by atoms with van der Waals surface area (Å²) in [4.78, 5) is 12.7. The van der Waals surface area contributed by atoms with Gasteiger partial charge in [0, 0.05) is 19.1 Å². The molecular formula is C25H32F3N7O3S. The lowest BCUT2D eigenvalue weighted by molar-refractivity contribution is -0.139. The van der Waals surface area contributed by atoms with Crippen molar-refractivity contribution in [3.8, 4) is 6.07 Å². The number of alkyl halides is 3. The summed E-state index contributed by atoms with van der Waals surface area (Å²) in [6, 6.07) is 5.61. The van der Waals surface area contributed by atoms with E-state index in [9.17, 15) is 31.6 Å². The first-order valence-electron chi connectivity index (χ1n) is 13.0. The number of hydrogen-bond acceptors (Lipinski definition) is 8. The first-order valence-corrected chi connectivity index (χ1v) is 14.6. The van der Waals surface area contributed by atoms with E-state index < -0.39 is 43.3 Å². The second-order valence-corrected chi connectivity index (χ2v) is 12.8. The number of amides is 2. The van der Waals surface area contributed by atoms with Crippen molar-refractivity contribution in [3.05, 3.63) is 41.7 Å².